The summed E-state index contributed by atoms with van der Waals surface area (Å²) in [7, 11) is 1.48. The topological polar surface area (TPSA) is 87.5 Å². The first-order valence-corrected chi connectivity index (χ1v) is 7.60. The number of alkyl halides is 3. The van der Waals surface area contributed by atoms with E-state index in [1.165, 1.54) is 18.1 Å². The Hall–Kier alpha value is -3.04. The normalized spacial score (nSPS) is 11.2. The highest BCUT2D eigenvalue weighted by atomic mass is 19.4. The van der Waals surface area contributed by atoms with Crippen LogP contribution in [0.5, 0.6) is 0 Å². The first-order chi connectivity index (χ1) is 12.2. The Morgan fingerprint density at radius 1 is 1.23 bits per heavy atom. The van der Waals surface area contributed by atoms with Crippen LogP contribution in [0.15, 0.2) is 36.5 Å². The zero-order valence-corrected chi connectivity index (χ0v) is 13.8. The Labute approximate surface area is 147 Å². The minimum absolute atomic E-state index is 0.0843. The molecule has 2 rings (SSSR count). The van der Waals surface area contributed by atoms with E-state index in [4.69, 9.17) is 5.11 Å². The predicted molar refractivity (Wildman–Crippen MR) is 85.7 cm³/mol. The molecular formula is C16H17F3N4O3. The molecule has 0 bridgehead atoms. The van der Waals surface area contributed by atoms with Gasteiger partial charge in [-0.2, -0.15) is 18.3 Å². The second-order valence-corrected chi connectivity index (χ2v) is 5.53. The van der Waals surface area contributed by atoms with Gasteiger partial charge in [-0.1, -0.05) is 12.1 Å². The van der Waals surface area contributed by atoms with Crippen molar-refractivity contribution in [1.29, 1.82) is 0 Å². The third-order valence-corrected chi connectivity index (χ3v) is 3.53. The minimum atomic E-state index is -4.50. The number of carboxylic acid groups (broad SMARTS) is 1. The number of carbonyl (C=O) groups excluding carboxylic acids is 1. The zero-order chi connectivity index (χ0) is 19.3. The molecule has 140 valence electrons. The molecule has 0 aliphatic rings. The lowest BCUT2D eigenvalue weighted by atomic mass is 10.2. The number of aliphatic carboxylic acids is 1. The van der Waals surface area contributed by atoms with Gasteiger partial charge in [-0.15, -0.1) is 0 Å². The van der Waals surface area contributed by atoms with Crippen molar-refractivity contribution in [2.24, 2.45) is 0 Å². The van der Waals surface area contributed by atoms with Crippen LogP contribution in [0.25, 0.3) is 5.69 Å². The van der Waals surface area contributed by atoms with E-state index in [0.717, 1.165) is 16.3 Å². The molecule has 7 nitrogen and oxygen atoms in total. The van der Waals surface area contributed by atoms with Crippen molar-refractivity contribution in [2.45, 2.75) is 19.1 Å². The van der Waals surface area contributed by atoms with Gasteiger partial charge >= 0.3 is 18.2 Å². The van der Waals surface area contributed by atoms with E-state index >= 15 is 0 Å². The largest absolute Gasteiger partial charge is 0.481 e. The van der Waals surface area contributed by atoms with Gasteiger partial charge in [0, 0.05) is 26.3 Å². The summed E-state index contributed by atoms with van der Waals surface area (Å²) >= 11 is 0. The quantitative estimate of drug-likeness (QED) is 0.818. The zero-order valence-electron chi connectivity index (χ0n) is 13.8. The first-order valence-electron chi connectivity index (χ1n) is 7.60. The molecule has 0 saturated heterocycles. The molecule has 0 fully saturated rings. The average Bonchev–Trinajstić information content (AvgIpc) is 3.08. The Bertz CT molecular complexity index is 772. The van der Waals surface area contributed by atoms with E-state index < -0.39 is 23.9 Å². The van der Waals surface area contributed by atoms with Gasteiger partial charge in [0.2, 0.25) is 0 Å². The van der Waals surface area contributed by atoms with Crippen LogP contribution >= 0.6 is 0 Å². The van der Waals surface area contributed by atoms with Crippen LogP contribution in [0.4, 0.5) is 18.0 Å². The summed E-state index contributed by atoms with van der Waals surface area (Å²) in [4.78, 5) is 23.6. The molecule has 1 aromatic carbocycles. The first kappa shape index (κ1) is 19.3. The van der Waals surface area contributed by atoms with E-state index in [1.54, 1.807) is 24.3 Å². The lowest BCUT2D eigenvalue weighted by Gasteiger charge is -2.17. The van der Waals surface area contributed by atoms with Crippen LogP contribution in [0.1, 0.15) is 17.7 Å². The second kappa shape index (κ2) is 7.89. The predicted octanol–water partition coefficient (Wildman–Crippen LogP) is 2.51. The monoisotopic (exact) mass is 370 g/mol. The Morgan fingerprint density at radius 3 is 2.42 bits per heavy atom. The van der Waals surface area contributed by atoms with Crippen LogP contribution in [0, 0.1) is 0 Å². The lowest BCUT2D eigenvalue weighted by Crippen LogP contribution is -2.37. The van der Waals surface area contributed by atoms with Gasteiger partial charge in [-0.25, -0.2) is 9.48 Å². The maximum Gasteiger partial charge on any atom is 0.435 e. The summed E-state index contributed by atoms with van der Waals surface area (Å²) in [5, 5.41) is 14.7. The third-order valence-electron chi connectivity index (χ3n) is 3.53. The van der Waals surface area contributed by atoms with Crippen LogP contribution in [0.2, 0.25) is 0 Å². The van der Waals surface area contributed by atoms with E-state index in [2.05, 4.69) is 10.4 Å². The SMILES string of the molecule is CN(CCC(=O)O)C(=O)NCc1ccc(-n2ccc(C(F)(F)F)n2)cc1. The highest BCUT2D eigenvalue weighted by molar-refractivity contribution is 5.75. The van der Waals surface area contributed by atoms with Gasteiger partial charge in [-0.05, 0) is 23.8 Å². The fraction of sp³-hybridized carbons (Fsp3) is 0.312. The molecule has 0 atom stereocenters. The molecule has 2 amide bonds. The standard InChI is InChI=1S/C16H17F3N4O3/c1-22(8-7-14(24)25)15(26)20-10-11-2-4-12(5-3-11)23-9-6-13(21-23)16(17,18)19/h2-6,9H,7-8,10H2,1H3,(H,20,26)(H,24,25). The van der Waals surface area contributed by atoms with Gasteiger partial charge in [0.05, 0.1) is 12.1 Å². The van der Waals surface area contributed by atoms with Crippen molar-refractivity contribution >= 4 is 12.0 Å². The number of benzene rings is 1. The maximum atomic E-state index is 12.6. The molecule has 2 N–H and O–H groups in total. The number of nitrogens with one attached hydrogen (secondary N) is 1. The number of nitrogens with zero attached hydrogens (tertiary/aromatic N) is 3. The van der Waals surface area contributed by atoms with Crippen LogP contribution in [-0.2, 0) is 17.5 Å². The number of rotatable bonds is 6. The lowest BCUT2D eigenvalue weighted by molar-refractivity contribution is -0.141. The summed E-state index contributed by atoms with van der Waals surface area (Å²) in [5.41, 5.74) is 0.212. The molecule has 1 heterocycles. The fourth-order valence-corrected chi connectivity index (χ4v) is 2.06. The molecule has 0 aliphatic heterocycles. The van der Waals surface area contributed by atoms with Crippen molar-refractivity contribution < 1.29 is 27.9 Å². The number of aromatic nitrogens is 2. The molecule has 0 saturated carbocycles. The number of carbonyl (C=O) groups is 2. The van der Waals surface area contributed by atoms with Crippen LogP contribution in [0.3, 0.4) is 0 Å². The maximum absolute atomic E-state index is 12.6. The van der Waals surface area contributed by atoms with E-state index in [0.29, 0.717) is 5.69 Å². The van der Waals surface area contributed by atoms with Crippen molar-refractivity contribution in [2.75, 3.05) is 13.6 Å². The van der Waals surface area contributed by atoms with Gasteiger partial charge in [0.15, 0.2) is 5.69 Å². The number of urea groups is 1. The van der Waals surface area contributed by atoms with Crippen molar-refractivity contribution in [1.82, 2.24) is 20.0 Å². The van der Waals surface area contributed by atoms with Crippen LogP contribution < -0.4 is 5.32 Å². The van der Waals surface area contributed by atoms with Crippen molar-refractivity contribution in [3.63, 3.8) is 0 Å². The summed E-state index contributed by atoms with van der Waals surface area (Å²) in [5.74, 6) is -0.993. The number of carboxylic acids is 1. The number of amides is 2. The Morgan fingerprint density at radius 2 is 1.88 bits per heavy atom. The van der Waals surface area contributed by atoms with Gasteiger partial charge in [0.25, 0.3) is 0 Å². The summed E-state index contributed by atoms with van der Waals surface area (Å²) in [6, 6.07) is 6.95. The molecule has 0 aliphatic carbocycles. The van der Waals surface area contributed by atoms with Crippen molar-refractivity contribution in [3.05, 3.63) is 47.8 Å². The number of hydrogen-bond acceptors (Lipinski definition) is 3. The highest BCUT2D eigenvalue weighted by Crippen LogP contribution is 2.27. The molecular weight excluding hydrogens is 353 g/mol. The van der Waals surface area contributed by atoms with E-state index in [9.17, 15) is 22.8 Å². The molecule has 0 spiro atoms. The number of halogens is 3. The van der Waals surface area contributed by atoms with E-state index in [1.807, 2.05) is 0 Å². The van der Waals surface area contributed by atoms with Crippen LogP contribution in [-0.4, -0.2) is 45.4 Å². The Balaban J connectivity index is 1.92. The van der Waals surface area contributed by atoms with Gasteiger partial charge in [-0.3, -0.25) is 4.79 Å². The molecule has 26 heavy (non-hydrogen) atoms. The smallest absolute Gasteiger partial charge is 0.435 e. The van der Waals surface area contributed by atoms with Gasteiger partial charge < -0.3 is 15.3 Å². The van der Waals surface area contributed by atoms with E-state index in [-0.39, 0.29) is 19.5 Å². The Kier molecular flexibility index (Phi) is 5.86. The van der Waals surface area contributed by atoms with Gasteiger partial charge in [0.1, 0.15) is 0 Å². The minimum Gasteiger partial charge on any atom is -0.481 e. The average molecular weight is 370 g/mol. The summed E-state index contributed by atoms with van der Waals surface area (Å²) < 4.78 is 38.8. The molecule has 0 radical (unpaired) electrons. The molecule has 0 unspecified atom stereocenters. The third kappa shape index (κ3) is 5.23. The molecule has 1 aromatic heterocycles. The highest BCUT2D eigenvalue weighted by Gasteiger charge is 2.33. The summed E-state index contributed by atoms with van der Waals surface area (Å²) in [6.07, 6.45) is -3.43. The van der Waals surface area contributed by atoms with Crippen molar-refractivity contribution in [3.8, 4) is 5.69 Å². The molecule has 10 heteroatoms. The summed E-state index contributed by atoms with van der Waals surface area (Å²) in [6.45, 7) is 0.282. The molecule has 2 aromatic rings. The second-order valence-electron chi connectivity index (χ2n) is 5.53. The number of hydrogen-bond donors (Lipinski definition) is 2. The fourth-order valence-electron chi connectivity index (χ4n) is 2.06.